The largest absolute Gasteiger partial charge is 0.340 e. The first kappa shape index (κ1) is 13.2. The number of hydrogen-bond acceptors (Lipinski definition) is 4. The van der Waals surface area contributed by atoms with Crippen LogP contribution in [-0.4, -0.2) is 42.8 Å². The van der Waals surface area contributed by atoms with Gasteiger partial charge in [0, 0.05) is 39.0 Å². The summed E-state index contributed by atoms with van der Waals surface area (Å²) in [4.78, 5) is 26.3. The number of rotatable bonds is 5. The number of nitrogens with zero attached hydrogens (tertiary/aromatic N) is 1. The fourth-order valence-electron chi connectivity index (χ4n) is 2.03. The van der Waals surface area contributed by atoms with Gasteiger partial charge in [-0.1, -0.05) is 6.07 Å². The summed E-state index contributed by atoms with van der Waals surface area (Å²) in [7, 11) is 0. The van der Waals surface area contributed by atoms with Crippen LogP contribution in [0, 0.1) is 0 Å². The van der Waals surface area contributed by atoms with Crippen LogP contribution in [0.5, 0.6) is 0 Å². The highest BCUT2D eigenvalue weighted by Crippen LogP contribution is 2.13. The van der Waals surface area contributed by atoms with E-state index in [1.807, 2.05) is 22.4 Å². The molecule has 5 heteroatoms. The molecule has 0 unspecified atom stereocenters. The number of carbonyl (C=O) groups excluding carboxylic acids is 2. The van der Waals surface area contributed by atoms with E-state index >= 15 is 0 Å². The normalized spacial score (nSPS) is 15.7. The molecule has 0 aliphatic carbocycles. The number of hydrogen-bond donors (Lipinski definition) is 1. The first-order chi connectivity index (χ1) is 8.77. The van der Waals surface area contributed by atoms with Gasteiger partial charge in [-0.25, -0.2) is 0 Å². The van der Waals surface area contributed by atoms with Crippen molar-refractivity contribution in [2.75, 3.05) is 26.2 Å². The molecule has 0 saturated carbocycles. The van der Waals surface area contributed by atoms with Gasteiger partial charge in [0.1, 0.15) is 0 Å². The third kappa shape index (κ3) is 3.65. The minimum atomic E-state index is 0.151. The Hall–Kier alpha value is -1.20. The number of carbonyl (C=O) groups is 2. The van der Waals surface area contributed by atoms with Crippen molar-refractivity contribution < 1.29 is 9.59 Å². The van der Waals surface area contributed by atoms with Crippen molar-refractivity contribution in [3.05, 3.63) is 22.4 Å². The van der Waals surface area contributed by atoms with Crippen molar-refractivity contribution >= 4 is 23.0 Å². The van der Waals surface area contributed by atoms with E-state index < -0.39 is 0 Å². The molecule has 1 aromatic heterocycles. The molecular weight excluding hydrogens is 248 g/mol. The minimum Gasteiger partial charge on any atom is -0.340 e. The highest BCUT2D eigenvalue weighted by atomic mass is 32.1. The molecule has 0 radical (unpaired) electrons. The number of thiophene rings is 1. The molecule has 1 N–H and O–H groups in total. The molecule has 0 spiro atoms. The topological polar surface area (TPSA) is 49.4 Å². The SMILES string of the molecule is O=C(CCCC(=O)N1CCNCC1)c1cccs1. The van der Waals surface area contributed by atoms with Crippen LogP contribution in [-0.2, 0) is 4.79 Å². The third-order valence-electron chi connectivity index (χ3n) is 3.06. The van der Waals surface area contributed by atoms with E-state index in [1.165, 1.54) is 11.3 Å². The number of piperazine rings is 1. The van der Waals surface area contributed by atoms with E-state index in [2.05, 4.69) is 5.32 Å². The van der Waals surface area contributed by atoms with Crippen molar-refractivity contribution in [1.29, 1.82) is 0 Å². The van der Waals surface area contributed by atoms with Gasteiger partial charge < -0.3 is 10.2 Å². The predicted molar refractivity (Wildman–Crippen MR) is 72.0 cm³/mol. The van der Waals surface area contributed by atoms with Crippen LogP contribution in [0.2, 0.25) is 0 Å². The van der Waals surface area contributed by atoms with Crippen LogP contribution in [0.1, 0.15) is 28.9 Å². The second-order valence-electron chi connectivity index (χ2n) is 4.38. The fraction of sp³-hybridized carbons (Fsp3) is 0.538. The van der Waals surface area contributed by atoms with Gasteiger partial charge in [-0.05, 0) is 17.9 Å². The number of ketones is 1. The molecule has 1 aliphatic heterocycles. The summed E-state index contributed by atoms with van der Waals surface area (Å²) < 4.78 is 0. The van der Waals surface area contributed by atoms with Crippen LogP contribution in [0.4, 0.5) is 0 Å². The lowest BCUT2D eigenvalue weighted by molar-refractivity contribution is -0.131. The average Bonchev–Trinajstić information content (AvgIpc) is 2.93. The van der Waals surface area contributed by atoms with Gasteiger partial charge in [0.2, 0.25) is 5.91 Å². The maximum Gasteiger partial charge on any atom is 0.222 e. The zero-order valence-corrected chi connectivity index (χ0v) is 11.2. The highest BCUT2D eigenvalue weighted by molar-refractivity contribution is 7.12. The summed E-state index contributed by atoms with van der Waals surface area (Å²) in [6, 6.07) is 3.72. The van der Waals surface area contributed by atoms with E-state index in [0.29, 0.717) is 19.3 Å². The Morgan fingerprint density at radius 2 is 2.06 bits per heavy atom. The van der Waals surface area contributed by atoms with Crippen LogP contribution in [0.15, 0.2) is 17.5 Å². The smallest absolute Gasteiger partial charge is 0.222 e. The number of amides is 1. The quantitative estimate of drug-likeness (QED) is 0.822. The molecule has 0 bridgehead atoms. The lowest BCUT2D eigenvalue weighted by Gasteiger charge is -2.27. The summed E-state index contributed by atoms with van der Waals surface area (Å²) in [5, 5.41) is 5.12. The second kappa shape index (κ2) is 6.66. The molecule has 1 aliphatic rings. The summed E-state index contributed by atoms with van der Waals surface area (Å²) in [6.07, 6.45) is 1.61. The Bertz CT molecular complexity index is 397. The highest BCUT2D eigenvalue weighted by Gasteiger charge is 2.16. The van der Waals surface area contributed by atoms with Gasteiger partial charge in [0.25, 0.3) is 0 Å². The maximum absolute atomic E-state index is 11.9. The van der Waals surface area contributed by atoms with Gasteiger partial charge in [0.05, 0.1) is 4.88 Å². The molecule has 18 heavy (non-hydrogen) atoms. The van der Waals surface area contributed by atoms with Crippen molar-refractivity contribution in [3.8, 4) is 0 Å². The Morgan fingerprint density at radius 3 is 2.72 bits per heavy atom. The van der Waals surface area contributed by atoms with Crippen molar-refractivity contribution in [3.63, 3.8) is 0 Å². The van der Waals surface area contributed by atoms with Crippen molar-refractivity contribution in [1.82, 2.24) is 10.2 Å². The molecule has 2 rings (SSSR count). The zero-order chi connectivity index (χ0) is 12.8. The Labute approximate surface area is 111 Å². The van der Waals surface area contributed by atoms with Crippen molar-refractivity contribution in [2.24, 2.45) is 0 Å². The van der Waals surface area contributed by atoms with Crippen molar-refractivity contribution in [2.45, 2.75) is 19.3 Å². The first-order valence-electron chi connectivity index (χ1n) is 6.32. The van der Waals surface area contributed by atoms with Gasteiger partial charge in [-0.2, -0.15) is 0 Å². The molecule has 1 saturated heterocycles. The molecule has 98 valence electrons. The maximum atomic E-state index is 11.9. The zero-order valence-electron chi connectivity index (χ0n) is 10.4. The molecular formula is C13H18N2O2S. The van der Waals surface area contributed by atoms with Gasteiger partial charge in [-0.3, -0.25) is 9.59 Å². The van der Waals surface area contributed by atoms with Crippen LogP contribution >= 0.6 is 11.3 Å². The lowest BCUT2D eigenvalue weighted by Crippen LogP contribution is -2.46. The van der Waals surface area contributed by atoms with E-state index in [1.54, 1.807) is 0 Å². The molecule has 2 heterocycles. The molecule has 0 aromatic carbocycles. The van der Waals surface area contributed by atoms with Gasteiger partial charge in [0.15, 0.2) is 5.78 Å². The van der Waals surface area contributed by atoms with Gasteiger partial charge in [-0.15, -0.1) is 11.3 Å². The number of nitrogens with one attached hydrogen (secondary N) is 1. The number of Topliss-reactive ketones (excluding diaryl/α,β-unsaturated/α-hetero) is 1. The predicted octanol–water partition coefficient (Wildman–Crippen LogP) is 1.53. The standard InChI is InChI=1S/C13H18N2O2S/c16-11(12-4-2-10-18-12)3-1-5-13(17)15-8-6-14-7-9-15/h2,4,10,14H,1,3,5-9H2. The fourth-order valence-corrected chi connectivity index (χ4v) is 2.73. The Morgan fingerprint density at radius 1 is 1.28 bits per heavy atom. The van der Waals surface area contributed by atoms with Crippen LogP contribution in [0.3, 0.4) is 0 Å². The average molecular weight is 266 g/mol. The first-order valence-corrected chi connectivity index (χ1v) is 7.20. The van der Waals surface area contributed by atoms with E-state index in [9.17, 15) is 9.59 Å². The van der Waals surface area contributed by atoms with Gasteiger partial charge >= 0.3 is 0 Å². The molecule has 1 fully saturated rings. The monoisotopic (exact) mass is 266 g/mol. The Balaban J connectivity index is 1.68. The molecule has 1 amide bonds. The Kier molecular flexibility index (Phi) is 4.90. The summed E-state index contributed by atoms with van der Waals surface area (Å²) >= 11 is 1.46. The summed E-state index contributed by atoms with van der Waals surface area (Å²) in [6.45, 7) is 3.33. The summed E-state index contributed by atoms with van der Waals surface area (Å²) in [5.74, 6) is 0.327. The molecule has 4 nitrogen and oxygen atoms in total. The minimum absolute atomic E-state index is 0.151. The second-order valence-corrected chi connectivity index (χ2v) is 5.33. The summed E-state index contributed by atoms with van der Waals surface area (Å²) in [5.41, 5.74) is 0. The van der Waals surface area contributed by atoms with Crippen LogP contribution < -0.4 is 5.32 Å². The molecule has 1 aromatic rings. The third-order valence-corrected chi connectivity index (χ3v) is 3.97. The van der Waals surface area contributed by atoms with E-state index in [4.69, 9.17) is 0 Å². The lowest BCUT2D eigenvalue weighted by atomic mass is 10.1. The van der Waals surface area contributed by atoms with E-state index in [-0.39, 0.29) is 11.7 Å². The van der Waals surface area contributed by atoms with Crippen LogP contribution in [0.25, 0.3) is 0 Å². The van der Waals surface area contributed by atoms with E-state index in [0.717, 1.165) is 31.1 Å². The molecule has 0 atom stereocenters.